The molecule has 1 aromatic carbocycles. The highest BCUT2D eigenvalue weighted by molar-refractivity contribution is 7.92. The van der Waals surface area contributed by atoms with Gasteiger partial charge in [0.1, 0.15) is 0 Å². The summed E-state index contributed by atoms with van der Waals surface area (Å²) in [7, 11) is -1.86. The van der Waals surface area contributed by atoms with E-state index in [2.05, 4.69) is 4.72 Å². The van der Waals surface area contributed by atoms with Crippen LogP contribution in [0.5, 0.6) is 0 Å². The van der Waals surface area contributed by atoms with Gasteiger partial charge in [0.2, 0.25) is 10.0 Å². The van der Waals surface area contributed by atoms with Gasteiger partial charge in [-0.05, 0) is 30.5 Å². The van der Waals surface area contributed by atoms with E-state index in [9.17, 15) is 8.42 Å². The van der Waals surface area contributed by atoms with Gasteiger partial charge in [-0.3, -0.25) is 4.72 Å². The van der Waals surface area contributed by atoms with Crippen molar-refractivity contribution in [1.82, 2.24) is 0 Å². The Kier molecular flexibility index (Phi) is 6.46. The fraction of sp³-hybridized carbons (Fsp3) is 0.500. The average molecular weight is 292 g/mol. The first-order valence-electron chi connectivity index (χ1n) is 5.72. The smallest absolute Gasteiger partial charge is 0.234 e. The van der Waals surface area contributed by atoms with Gasteiger partial charge in [-0.15, -0.1) is 11.6 Å². The minimum atomic E-state index is -3.34. The SMILES string of the molecule is COCCS(=O)(=O)Nc1cccc(CCCCl)c1. The van der Waals surface area contributed by atoms with Crippen molar-refractivity contribution < 1.29 is 13.2 Å². The summed E-state index contributed by atoms with van der Waals surface area (Å²) in [6.45, 7) is 0.182. The molecule has 0 spiro atoms. The van der Waals surface area contributed by atoms with E-state index in [1.807, 2.05) is 18.2 Å². The number of nitrogens with one attached hydrogen (secondary N) is 1. The molecule has 0 unspecified atom stereocenters. The Labute approximate surface area is 113 Å². The summed E-state index contributed by atoms with van der Waals surface area (Å²) in [6.07, 6.45) is 1.72. The van der Waals surface area contributed by atoms with E-state index in [0.717, 1.165) is 18.4 Å². The average Bonchev–Trinajstić information content (AvgIpc) is 2.34. The molecule has 0 atom stereocenters. The molecule has 0 saturated carbocycles. The highest BCUT2D eigenvalue weighted by atomic mass is 35.5. The Bertz CT molecular complexity index is 462. The number of anilines is 1. The van der Waals surface area contributed by atoms with Crippen LogP contribution in [0.4, 0.5) is 5.69 Å². The van der Waals surface area contributed by atoms with Gasteiger partial charge in [0, 0.05) is 18.7 Å². The fourth-order valence-electron chi connectivity index (χ4n) is 1.48. The van der Waals surface area contributed by atoms with Crippen LogP contribution in [0, 0.1) is 0 Å². The third-order valence-corrected chi connectivity index (χ3v) is 3.87. The Hall–Kier alpha value is -0.780. The van der Waals surface area contributed by atoms with Crippen molar-refractivity contribution in [3.63, 3.8) is 0 Å². The number of sulfonamides is 1. The molecule has 0 aromatic heterocycles. The van der Waals surface area contributed by atoms with E-state index < -0.39 is 10.0 Å². The molecule has 18 heavy (non-hydrogen) atoms. The quantitative estimate of drug-likeness (QED) is 0.748. The molecule has 1 N–H and O–H groups in total. The summed E-state index contributed by atoms with van der Waals surface area (Å²) in [5, 5.41) is 0. The summed E-state index contributed by atoms with van der Waals surface area (Å²) in [4.78, 5) is 0. The van der Waals surface area contributed by atoms with Gasteiger partial charge in [0.25, 0.3) is 0 Å². The zero-order valence-corrected chi connectivity index (χ0v) is 11.9. The molecule has 0 bridgehead atoms. The van der Waals surface area contributed by atoms with E-state index >= 15 is 0 Å². The predicted molar refractivity (Wildman–Crippen MR) is 74.8 cm³/mol. The first kappa shape index (κ1) is 15.3. The van der Waals surface area contributed by atoms with Crippen LogP contribution in [0.2, 0.25) is 0 Å². The zero-order chi connectivity index (χ0) is 13.4. The van der Waals surface area contributed by atoms with Gasteiger partial charge >= 0.3 is 0 Å². The Balaban J connectivity index is 2.66. The van der Waals surface area contributed by atoms with Gasteiger partial charge in [-0.1, -0.05) is 12.1 Å². The molecule has 0 aliphatic rings. The summed E-state index contributed by atoms with van der Waals surface area (Å²) in [5.41, 5.74) is 1.65. The fourth-order valence-corrected chi connectivity index (χ4v) is 2.59. The van der Waals surface area contributed by atoms with Gasteiger partial charge in [-0.25, -0.2) is 8.42 Å². The number of hydrogen-bond donors (Lipinski definition) is 1. The monoisotopic (exact) mass is 291 g/mol. The summed E-state index contributed by atoms with van der Waals surface area (Å²) < 4.78 is 30.6. The largest absolute Gasteiger partial charge is 0.384 e. The first-order valence-corrected chi connectivity index (χ1v) is 7.90. The maximum Gasteiger partial charge on any atom is 0.234 e. The second-order valence-electron chi connectivity index (χ2n) is 3.91. The van der Waals surface area contributed by atoms with Crippen molar-refractivity contribution in [2.75, 3.05) is 30.1 Å². The molecule has 0 aliphatic carbocycles. The molecule has 0 heterocycles. The van der Waals surface area contributed by atoms with Crippen LogP contribution in [-0.2, 0) is 21.2 Å². The number of hydrogen-bond acceptors (Lipinski definition) is 3. The van der Waals surface area contributed by atoms with Crippen LogP contribution in [-0.4, -0.2) is 33.8 Å². The lowest BCUT2D eigenvalue weighted by Crippen LogP contribution is -2.19. The molecule has 1 rings (SSSR count). The van der Waals surface area contributed by atoms with Crippen molar-refractivity contribution in [1.29, 1.82) is 0 Å². The van der Waals surface area contributed by atoms with E-state index in [1.165, 1.54) is 7.11 Å². The molecule has 0 radical (unpaired) electrons. The third kappa shape index (κ3) is 5.71. The number of rotatable bonds is 8. The van der Waals surface area contributed by atoms with Crippen LogP contribution in [0.25, 0.3) is 0 Å². The van der Waals surface area contributed by atoms with Crippen molar-refractivity contribution in [3.8, 4) is 0 Å². The number of ether oxygens (including phenoxy) is 1. The van der Waals surface area contributed by atoms with Gasteiger partial charge in [0.15, 0.2) is 0 Å². The van der Waals surface area contributed by atoms with E-state index in [-0.39, 0.29) is 12.4 Å². The van der Waals surface area contributed by atoms with Crippen molar-refractivity contribution in [2.45, 2.75) is 12.8 Å². The Morgan fingerprint density at radius 3 is 2.83 bits per heavy atom. The van der Waals surface area contributed by atoms with Crippen LogP contribution < -0.4 is 4.72 Å². The molecule has 0 saturated heterocycles. The lowest BCUT2D eigenvalue weighted by Gasteiger charge is -2.09. The molecule has 102 valence electrons. The highest BCUT2D eigenvalue weighted by Gasteiger charge is 2.09. The lowest BCUT2D eigenvalue weighted by atomic mass is 10.1. The third-order valence-electron chi connectivity index (χ3n) is 2.36. The lowest BCUT2D eigenvalue weighted by molar-refractivity contribution is 0.217. The topological polar surface area (TPSA) is 55.4 Å². The predicted octanol–water partition coefficient (Wildman–Crippen LogP) is 2.25. The van der Waals surface area contributed by atoms with Crippen LogP contribution >= 0.6 is 11.6 Å². The maximum absolute atomic E-state index is 11.7. The molecule has 6 heteroatoms. The summed E-state index contributed by atoms with van der Waals surface area (Å²) >= 11 is 5.63. The van der Waals surface area contributed by atoms with Crippen molar-refractivity contribution >= 4 is 27.3 Å². The van der Waals surface area contributed by atoms with E-state index in [0.29, 0.717) is 11.6 Å². The number of alkyl halides is 1. The highest BCUT2D eigenvalue weighted by Crippen LogP contribution is 2.14. The minimum Gasteiger partial charge on any atom is -0.384 e. The van der Waals surface area contributed by atoms with Crippen LogP contribution in [0.15, 0.2) is 24.3 Å². The molecule has 0 fully saturated rings. The van der Waals surface area contributed by atoms with Gasteiger partial charge < -0.3 is 4.74 Å². The summed E-state index contributed by atoms with van der Waals surface area (Å²) in [5.74, 6) is 0.555. The summed E-state index contributed by atoms with van der Waals surface area (Å²) in [6, 6.07) is 7.35. The molecule has 4 nitrogen and oxygen atoms in total. The minimum absolute atomic E-state index is 0.0462. The van der Waals surface area contributed by atoms with E-state index in [4.69, 9.17) is 16.3 Å². The second-order valence-corrected chi connectivity index (χ2v) is 6.13. The van der Waals surface area contributed by atoms with Gasteiger partial charge in [-0.2, -0.15) is 0 Å². The Morgan fingerprint density at radius 1 is 1.39 bits per heavy atom. The molecule has 0 amide bonds. The maximum atomic E-state index is 11.7. The molecule has 0 aliphatic heterocycles. The number of methoxy groups -OCH3 is 1. The van der Waals surface area contributed by atoms with Gasteiger partial charge in [0.05, 0.1) is 12.4 Å². The first-order chi connectivity index (χ1) is 8.57. The van der Waals surface area contributed by atoms with E-state index in [1.54, 1.807) is 6.07 Å². The van der Waals surface area contributed by atoms with Crippen molar-refractivity contribution in [2.24, 2.45) is 0 Å². The standard InChI is InChI=1S/C12H18ClNO3S/c1-17-8-9-18(15,16)14-12-6-2-4-11(10-12)5-3-7-13/h2,4,6,10,14H,3,5,7-9H2,1H3. The second kappa shape index (κ2) is 7.61. The number of benzene rings is 1. The number of aryl methyl sites for hydroxylation is 1. The normalized spacial score (nSPS) is 11.4. The van der Waals surface area contributed by atoms with Crippen molar-refractivity contribution in [3.05, 3.63) is 29.8 Å². The van der Waals surface area contributed by atoms with Crippen LogP contribution in [0.3, 0.4) is 0 Å². The molecular formula is C12H18ClNO3S. The molecular weight excluding hydrogens is 274 g/mol. The Morgan fingerprint density at radius 2 is 2.17 bits per heavy atom. The van der Waals surface area contributed by atoms with Crippen LogP contribution in [0.1, 0.15) is 12.0 Å². The zero-order valence-electron chi connectivity index (χ0n) is 10.4. The molecule has 1 aromatic rings. The number of halogens is 1.